The van der Waals surface area contributed by atoms with Gasteiger partial charge in [-0.3, -0.25) is 0 Å². The summed E-state index contributed by atoms with van der Waals surface area (Å²) in [4.78, 5) is 0. The van der Waals surface area contributed by atoms with Crippen molar-refractivity contribution in [2.24, 2.45) is 5.92 Å². The molecule has 112 valence electrons. The molecule has 0 aliphatic heterocycles. The van der Waals surface area contributed by atoms with Crippen LogP contribution in [0, 0.1) is 5.92 Å². The van der Waals surface area contributed by atoms with Crippen LogP contribution in [0.1, 0.15) is 44.2 Å². The van der Waals surface area contributed by atoms with Gasteiger partial charge < -0.3 is 10.1 Å². The lowest BCUT2D eigenvalue weighted by Gasteiger charge is -2.12. The SMILES string of the molecule is COc1ccc(CNC2CC2)cc1CSCCC(C)C. The van der Waals surface area contributed by atoms with Gasteiger partial charge in [-0.25, -0.2) is 0 Å². The van der Waals surface area contributed by atoms with E-state index in [4.69, 9.17) is 4.74 Å². The molecule has 0 saturated heterocycles. The van der Waals surface area contributed by atoms with E-state index in [1.807, 2.05) is 11.8 Å². The molecule has 1 aliphatic carbocycles. The second-order valence-corrected chi connectivity index (χ2v) is 7.14. The van der Waals surface area contributed by atoms with E-state index in [9.17, 15) is 0 Å². The number of hydrogen-bond acceptors (Lipinski definition) is 3. The van der Waals surface area contributed by atoms with Gasteiger partial charge in [-0.15, -0.1) is 0 Å². The molecule has 0 unspecified atom stereocenters. The van der Waals surface area contributed by atoms with E-state index in [1.54, 1.807) is 7.11 Å². The highest BCUT2D eigenvalue weighted by Crippen LogP contribution is 2.26. The van der Waals surface area contributed by atoms with E-state index in [1.165, 1.54) is 36.1 Å². The normalized spacial score (nSPS) is 14.8. The number of benzene rings is 1. The summed E-state index contributed by atoms with van der Waals surface area (Å²) in [5.74, 6) is 4.09. The number of methoxy groups -OCH3 is 1. The van der Waals surface area contributed by atoms with Gasteiger partial charge >= 0.3 is 0 Å². The van der Waals surface area contributed by atoms with Crippen molar-refractivity contribution in [3.8, 4) is 5.75 Å². The maximum Gasteiger partial charge on any atom is 0.122 e. The zero-order valence-corrected chi connectivity index (χ0v) is 13.8. The largest absolute Gasteiger partial charge is 0.496 e. The van der Waals surface area contributed by atoms with Crippen LogP contribution in [0.4, 0.5) is 0 Å². The third kappa shape index (κ3) is 5.37. The first-order valence-corrected chi connectivity index (χ1v) is 8.81. The van der Waals surface area contributed by atoms with Gasteiger partial charge in [-0.1, -0.05) is 19.9 Å². The van der Waals surface area contributed by atoms with Gasteiger partial charge in [-0.05, 0) is 48.6 Å². The van der Waals surface area contributed by atoms with Crippen molar-refractivity contribution in [3.63, 3.8) is 0 Å². The van der Waals surface area contributed by atoms with Crippen molar-refractivity contribution in [3.05, 3.63) is 29.3 Å². The number of rotatable bonds is 9. The van der Waals surface area contributed by atoms with Gasteiger partial charge in [0.05, 0.1) is 7.11 Å². The monoisotopic (exact) mass is 293 g/mol. The summed E-state index contributed by atoms with van der Waals surface area (Å²) in [5, 5.41) is 3.57. The molecule has 0 aromatic heterocycles. The van der Waals surface area contributed by atoms with Crippen molar-refractivity contribution >= 4 is 11.8 Å². The number of thioether (sulfide) groups is 1. The molecule has 3 heteroatoms. The van der Waals surface area contributed by atoms with E-state index in [0.717, 1.165) is 30.0 Å². The van der Waals surface area contributed by atoms with Crippen LogP contribution in [0.5, 0.6) is 5.75 Å². The Morgan fingerprint density at radius 2 is 2.15 bits per heavy atom. The van der Waals surface area contributed by atoms with E-state index in [-0.39, 0.29) is 0 Å². The van der Waals surface area contributed by atoms with Crippen LogP contribution < -0.4 is 10.1 Å². The molecule has 1 N–H and O–H groups in total. The molecule has 1 aromatic rings. The molecule has 2 nitrogen and oxygen atoms in total. The Bertz CT molecular complexity index is 415. The fourth-order valence-electron chi connectivity index (χ4n) is 2.11. The number of ether oxygens (including phenoxy) is 1. The third-order valence-corrected chi connectivity index (χ3v) is 4.65. The van der Waals surface area contributed by atoms with Crippen LogP contribution in [-0.4, -0.2) is 18.9 Å². The molecule has 0 atom stereocenters. The minimum absolute atomic E-state index is 0.765. The number of nitrogens with one attached hydrogen (secondary N) is 1. The predicted octanol–water partition coefficient (Wildman–Crippen LogP) is 4.23. The second-order valence-electron chi connectivity index (χ2n) is 6.04. The summed E-state index contributed by atoms with van der Waals surface area (Å²) >= 11 is 2.01. The Morgan fingerprint density at radius 1 is 1.35 bits per heavy atom. The molecular formula is C17H27NOS. The Balaban J connectivity index is 1.87. The molecule has 1 fully saturated rings. The van der Waals surface area contributed by atoms with Crippen molar-refractivity contribution in [1.29, 1.82) is 0 Å². The van der Waals surface area contributed by atoms with Gasteiger partial charge in [0.25, 0.3) is 0 Å². The van der Waals surface area contributed by atoms with Crippen molar-refractivity contribution in [2.75, 3.05) is 12.9 Å². The van der Waals surface area contributed by atoms with Gasteiger partial charge in [0.2, 0.25) is 0 Å². The van der Waals surface area contributed by atoms with Crippen LogP contribution in [-0.2, 0) is 12.3 Å². The molecule has 1 saturated carbocycles. The van der Waals surface area contributed by atoms with Crippen molar-refractivity contribution in [1.82, 2.24) is 5.32 Å². The molecule has 0 spiro atoms. The zero-order chi connectivity index (χ0) is 14.4. The molecule has 0 bridgehead atoms. The van der Waals surface area contributed by atoms with Crippen LogP contribution in [0.2, 0.25) is 0 Å². The van der Waals surface area contributed by atoms with E-state index in [0.29, 0.717) is 0 Å². The quantitative estimate of drug-likeness (QED) is 0.689. The van der Waals surface area contributed by atoms with Gasteiger partial charge in [0.15, 0.2) is 0 Å². The lowest BCUT2D eigenvalue weighted by molar-refractivity contribution is 0.411. The maximum absolute atomic E-state index is 5.48. The highest BCUT2D eigenvalue weighted by Gasteiger charge is 2.20. The Kier molecular flexibility index (Phi) is 6.24. The minimum Gasteiger partial charge on any atom is -0.496 e. The molecule has 0 radical (unpaired) electrons. The Morgan fingerprint density at radius 3 is 2.80 bits per heavy atom. The second kappa shape index (κ2) is 7.94. The zero-order valence-electron chi connectivity index (χ0n) is 12.9. The fourth-order valence-corrected chi connectivity index (χ4v) is 3.33. The molecule has 1 aromatic carbocycles. The first-order valence-electron chi connectivity index (χ1n) is 7.66. The lowest BCUT2D eigenvalue weighted by atomic mass is 10.1. The van der Waals surface area contributed by atoms with Crippen molar-refractivity contribution in [2.45, 2.75) is 51.4 Å². The summed E-state index contributed by atoms with van der Waals surface area (Å²) in [6.45, 7) is 5.55. The van der Waals surface area contributed by atoms with Gasteiger partial charge in [0.1, 0.15) is 5.75 Å². The smallest absolute Gasteiger partial charge is 0.122 e. The van der Waals surface area contributed by atoms with Crippen LogP contribution in [0.15, 0.2) is 18.2 Å². The first kappa shape index (κ1) is 15.7. The summed E-state index contributed by atoms with van der Waals surface area (Å²) < 4.78 is 5.48. The van der Waals surface area contributed by atoms with Crippen LogP contribution in [0.3, 0.4) is 0 Å². The Labute approximate surface area is 127 Å². The molecule has 2 rings (SSSR count). The summed E-state index contributed by atoms with van der Waals surface area (Å²) in [7, 11) is 1.76. The molecule has 20 heavy (non-hydrogen) atoms. The van der Waals surface area contributed by atoms with Crippen molar-refractivity contribution < 1.29 is 4.74 Å². The molecule has 0 amide bonds. The minimum atomic E-state index is 0.765. The van der Waals surface area contributed by atoms with E-state index >= 15 is 0 Å². The summed E-state index contributed by atoms with van der Waals surface area (Å²) in [5.41, 5.74) is 2.70. The van der Waals surface area contributed by atoms with Gasteiger partial charge in [-0.2, -0.15) is 11.8 Å². The lowest BCUT2D eigenvalue weighted by Crippen LogP contribution is -2.15. The summed E-state index contributed by atoms with van der Waals surface area (Å²) in [6, 6.07) is 7.36. The first-order chi connectivity index (χ1) is 9.69. The average Bonchev–Trinajstić information content (AvgIpc) is 3.25. The molecule has 0 heterocycles. The van der Waals surface area contributed by atoms with Crippen LogP contribution in [0.25, 0.3) is 0 Å². The summed E-state index contributed by atoms with van der Waals surface area (Å²) in [6.07, 6.45) is 3.97. The molecule has 1 aliphatic rings. The van der Waals surface area contributed by atoms with E-state index < -0.39 is 0 Å². The van der Waals surface area contributed by atoms with Gasteiger partial charge in [0, 0.05) is 23.9 Å². The number of hydrogen-bond donors (Lipinski definition) is 1. The topological polar surface area (TPSA) is 21.3 Å². The highest BCUT2D eigenvalue weighted by molar-refractivity contribution is 7.98. The fraction of sp³-hybridized carbons (Fsp3) is 0.647. The highest BCUT2D eigenvalue weighted by atomic mass is 32.2. The third-order valence-electron chi connectivity index (χ3n) is 3.61. The Hall–Kier alpha value is -0.670. The average molecular weight is 293 g/mol. The van der Waals surface area contributed by atoms with Crippen LogP contribution >= 0.6 is 11.8 Å². The molecular weight excluding hydrogens is 266 g/mol. The van der Waals surface area contributed by atoms with E-state index in [2.05, 4.69) is 37.4 Å². The standard InChI is InChI=1S/C17H27NOS/c1-13(2)8-9-20-12-15-10-14(4-7-17(15)19-3)11-18-16-5-6-16/h4,7,10,13,16,18H,5-6,8-9,11-12H2,1-3H3. The predicted molar refractivity (Wildman–Crippen MR) is 88.5 cm³/mol. The maximum atomic E-state index is 5.48.